The summed E-state index contributed by atoms with van der Waals surface area (Å²) < 4.78 is 6.46. The van der Waals surface area contributed by atoms with Crippen LogP contribution < -0.4 is 10.1 Å². The Morgan fingerprint density at radius 3 is 2.71 bits per heavy atom. The Morgan fingerprint density at radius 1 is 1.33 bits per heavy atom. The summed E-state index contributed by atoms with van der Waals surface area (Å²) >= 11 is 9.22. The molecule has 2 aromatic rings. The van der Waals surface area contributed by atoms with Crippen LogP contribution in [-0.4, -0.2) is 12.0 Å². The van der Waals surface area contributed by atoms with E-state index in [4.69, 9.17) is 16.3 Å². The van der Waals surface area contributed by atoms with Crippen LogP contribution >= 0.6 is 27.5 Å². The van der Waals surface area contributed by atoms with Crippen molar-refractivity contribution in [2.75, 3.05) is 7.05 Å². The predicted octanol–water partition coefficient (Wildman–Crippen LogP) is 4.52. The predicted molar refractivity (Wildman–Crippen MR) is 85.1 cm³/mol. The van der Waals surface area contributed by atoms with Gasteiger partial charge in [-0.25, -0.2) is 0 Å². The second kappa shape index (κ2) is 6.89. The molecule has 0 saturated carbocycles. The summed E-state index contributed by atoms with van der Waals surface area (Å²) in [7, 11) is 1.86. The Bertz CT molecular complexity index is 679. The lowest BCUT2D eigenvalue weighted by molar-refractivity contribution is -0.385. The van der Waals surface area contributed by atoms with Crippen LogP contribution in [0.3, 0.4) is 0 Å². The molecular weight excluding hydrogens is 360 g/mol. The fourth-order valence-corrected chi connectivity index (χ4v) is 2.44. The average molecular weight is 372 g/mol. The van der Waals surface area contributed by atoms with E-state index in [0.717, 1.165) is 10.0 Å². The number of halogens is 2. The molecule has 1 N–H and O–H groups in total. The minimum absolute atomic E-state index is 0.151. The number of rotatable bonds is 5. The zero-order chi connectivity index (χ0) is 15.4. The number of nitrogens with one attached hydrogen (secondary N) is 1. The maximum absolute atomic E-state index is 11.0. The summed E-state index contributed by atoms with van der Waals surface area (Å²) in [5.41, 5.74) is 0.897. The summed E-state index contributed by atoms with van der Waals surface area (Å²) in [6.45, 7) is 0.710. The molecule has 0 aliphatic rings. The molecule has 2 aromatic carbocycles. The van der Waals surface area contributed by atoms with Crippen LogP contribution in [0.15, 0.2) is 40.9 Å². The van der Waals surface area contributed by atoms with Gasteiger partial charge in [0, 0.05) is 22.1 Å². The largest absolute Gasteiger partial charge is 0.450 e. The van der Waals surface area contributed by atoms with Crippen molar-refractivity contribution in [3.63, 3.8) is 0 Å². The molecule has 0 saturated heterocycles. The van der Waals surface area contributed by atoms with Crippen molar-refractivity contribution in [3.8, 4) is 11.5 Å². The Balaban J connectivity index is 2.30. The highest BCUT2D eigenvalue weighted by molar-refractivity contribution is 9.10. The van der Waals surface area contributed by atoms with Gasteiger partial charge < -0.3 is 10.1 Å². The molecule has 7 heteroatoms. The van der Waals surface area contributed by atoms with E-state index in [0.29, 0.717) is 17.3 Å². The van der Waals surface area contributed by atoms with Gasteiger partial charge in [0.05, 0.1) is 4.92 Å². The maximum Gasteiger partial charge on any atom is 0.313 e. The Morgan fingerprint density at radius 2 is 2.10 bits per heavy atom. The SMILES string of the molecule is CNCc1ccc(Oc2ccc(Cl)cc2[N+](=O)[O-])cc1Br. The number of nitro benzene ring substituents is 1. The quantitative estimate of drug-likeness (QED) is 0.620. The summed E-state index contributed by atoms with van der Waals surface area (Å²) in [6, 6.07) is 9.71. The molecular formula is C14H12BrClN2O3. The lowest BCUT2D eigenvalue weighted by Gasteiger charge is -2.09. The number of nitrogens with zero attached hydrogens (tertiary/aromatic N) is 1. The van der Waals surface area contributed by atoms with Crippen LogP contribution in [-0.2, 0) is 6.54 Å². The smallest absolute Gasteiger partial charge is 0.313 e. The third-order valence-electron chi connectivity index (χ3n) is 2.74. The van der Waals surface area contributed by atoms with E-state index in [1.807, 2.05) is 13.1 Å². The number of hydrogen-bond acceptors (Lipinski definition) is 4. The standard InChI is InChI=1S/C14H12BrClN2O3/c1-17-8-9-2-4-11(7-12(9)15)21-14-5-3-10(16)6-13(14)18(19)20/h2-7,17H,8H2,1H3. The summed E-state index contributed by atoms with van der Waals surface area (Å²) in [5.74, 6) is 0.657. The zero-order valence-electron chi connectivity index (χ0n) is 11.1. The van der Waals surface area contributed by atoms with Crippen LogP contribution in [0.2, 0.25) is 5.02 Å². The Hall–Kier alpha value is -1.63. The van der Waals surface area contributed by atoms with Gasteiger partial charge in [-0.05, 0) is 36.9 Å². The fraction of sp³-hybridized carbons (Fsp3) is 0.143. The first kappa shape index (κ1) is 15.8. The molecule has 0 aliphatic heterocycles. The molecule has 0 bridgehead atoms. The number of ether oxygens (including phenoxy) is 1. The first-order chi connectivity index (χ1) is 10.0. The van der Waals surface area contributed by atoms with Crippen LogP contribution in [0.4, 0.5) is 5.69 Å². The van der Waals surface area contributed by atoms with Gasteiger partial charge in [-0.2, -0.15) is 0 Å². The van der Waals surface area contributed by atoms with Crippen molar-refractivity contribution < 1.29 is 9.66 Å². The fourth-order valence-electron chi connectivity index (χ4n) is 1.77. The Kier molecular flexibility index (Phi) is 5.17. The monoisotopic (exact) mass is 370 g/mol. The van der Waals surface area contributed by atoms with Gasteiger partial charge in [0.25, 0.3) is 0 Å². The van der Waals surface area contributed by atoms with Crippen LogP contribution in [0.1, 0.15) is 5.56 Å². The topological polar surface area (TPSA) is 64.4 Å². The molecule has 0 amide bonds. The van der Waals surface area contributed by atoms with Gasteiger partial charge in [-0.3, -0.25) is 10.1 Å². The molecule has 21 heavy (non-hydrogen) atoms. The van der Waals surface area contributed by atoms with Crippen molar-refractivity contribution in [2.45, 2.75) is 6.54 Å². The van der Waals surface area contributed by atoms with Gasteiger partial charge in [0.15, 0.2) is 0 Å². The van der Waals surface area contributed by atoms with Crippen LogP contribution in [0.5, 0.6) is 11.5 Å². The highest BCUT2D eigenvalue weighted by Gasteiger charge is 2.16. The lowest BCUT2D eigenvalue weighted by Crippen LogP contribution is -2.05. The third-order valence-corrected chi connectivity index (χ3v) is 3.71. The molecule has 0 radical (unpaired) electrons. The van der Waals surface area contributed by atoms with Gasteiger partial charge in [0.2, 0.25) is 5.75 Å². The minimum Gasteiger partial charge on any atom is -0.450 e. The molecule has 110 valence electrons. The minimum atomic E-state index is -0.522. The van der Waals surface area contributed by atoms with Gasteiger partial charge in [-0.15, -0.1) is 0 Å². The van der Waals surface area contributed by atoms with E-state index >= 15 is 0 Å². The lowest BCUT2D eigenvalue weighted by atomic mass is 10.2. The molecule has 2 rings (SSSR count). The highest BCUT2D eigenvalue weighted by Crippen LogP contribution is 2.34. The normalized spacial score (nSPS) is 10.4. The number of hydrogen-bond donors (Lipinski definition) is 1. The first-order valence-corrected chi connectivity index (χ1v) is 7.23. The average Bonchev–Trinajstić information content (AvgIpc) is 2.44. The van der Waals surface area contributed by atoms with E-state index in [2.05, 4.69) is 21.2 Å². The van der Waals surface area contributed by atoms with Crippen molar-refractivity contribution >= 4 is 33.2 Å². The van der Waals surface area contributed by atoms with Gasteiger partial charge in [0.1, 0.15) is 5.75 Å². The molecule has 0 atom stereocenters. The number of benzene rings is 2. The third kappa shape index (κ3) is 3.93. The van der Waals surface area contributed by atoms with Crippen LogP contribution in [0, 0.1) is 10.1 Å². The highest BCUT2D eigenvalue weighted by atomic mass is 79.9. The molecule has 0 fully saturated rings. The summed E-state index contributed by atoms with van der Waals surface area (Å²) in [4.78, 5) is 10.5. The van der Waals surface area contributed by atoms with Crippen molar-refractivity contribution in [1.82, 2.24) is 5.32 Å². The Labute approximate surface area is 135 Å². The number of nitro groups is 1. The maximum atomic E-state index is 11.0. The molecule has 0 spiro atoms. The van der Waals surface area contributed by atoms with E-state index in [1.165, 1.54) is 12.1 Å². The van der Waals surface area contributed by atoms with E-state index < -0.39 is 4.92 Å². The molecule has 0 aromatic heterocycles. The second-order valence-electron chi connectivity index (χ2n) is 4.25. The van der Waals surface area contributed by atoms with E-state index in [-0.39, 0.29) is 11.4 Å². The molecule has 5 nitrogen and oxygen atoms in total. The first-order valence-electron chi connectivity index (χ1n) is 6.06. The zero-order valence-corrected chi connectivity index (χ0v) is 13.4. The van der Waals surface area contributed by atoms with Gasteiger partial charge >= 0.3 is 5.69 Å². The van der Waals surface area contributed by atoms with Gasteiger partial charge in [-0.1, -0.05) is 33.6 Å². The second-order valence-corrected chi connectivity index (χ2v) is 5.55. The van der Waals surface area contributed by atoms with Crippen molar-refractivity contribution in [1.29, 1.82) is 0 Å². The molecule has 0 aliphatic carbocycles. The van der Waals surface area contributed by atoms with E-state index in [1.54, 1.807) is 18.2 Å². The molecule has 0 heterocycles. The van der Waals surface area contributed by atoms with E-state index in [9.17, 15) is 10.1 Å². The molecule has 0 unspecified atom stereocenters. The van der Waals surface area contributed by atoms with Crippen LogP contribution in [0.25, 0.3) is 0 Å². The van der Waals surface area contributed by atoms with Crippen molar-refractivity contribution in [2.24, 2.45) is 0 Å². The summed E-state index contributed by atoms with van der Waals surface area (Å²) in [5, 5.41) is 14.4. The van der Waals surface area contributed by atoms with Crippen molar-refractivity contribution in [3.05, 3.63) is 61.6 Å². The summed E-state index contributed by atoms with van der Waals surface area (Å²) in [6.07, 6.45) is 0.